The highest BCUT2D eigenvalue weighted by Gasteiger charge is 2.21. The molecular weight excluding hydrogens is 651 g/mol. The summed E-state index contributed by atoms with van der Waals surface area (Å²) < 4.78 is 0. The van der Waals surface area contributed by atoms with Crippen LogP contribution in [0.1, 0.15) is 65.3 Å². The number of aryl methyl sites for hydroxylation is 4. The lowest BCUT2D eigenvalue weighted by atomic mass is 9.83. The Bertz CT molecular complexity index is 2600. The molecule has 0 saturated heterocycles. The molecule has 266 valence electrons. The summed E-state index contributed by atoms with van der Waals surface area (Å²) in [5, 5.41) is 7.55. The summed E-state index contributed by atoms with van der Waals surface area (Å²) in [6.45, 7) is 15.6. The maximum absolute atomic E-state index is 2.46. The largest absolute Gasteiger partial charge is 0.310 e. The molecule has 8 aromatic carbocycles. The molecule has 0 saturated carbocycles. The Morgan fingerprint density at radius 2 is 0.981 bits per heavy atom. The van der Waals surface area contributed by atoms with E-state index in [1.165, 1.54) is 88.1 Å². The molecule has 0 aliphatic carbocycles. The molecule has 1 nitrogen and oxygen atoms in total. The van der Waals surface area contributed by atoms with E-state index in [0.29, 0.717) is 0 Å². The fraction of sp³-hybridized carbons (Fsp3) is 0.170. The van der Waals surface area contributed by atoms with Gasteiger partial charge in [0.1, 0.15) is 0 Å². The van der Waals surface area contributed by atoms with E-state index in [1.807, 2.05) is 0 Å². The van der Waals surface area contributed by atoms with Gasteiger partial charge in [-0.1, -0.05) is 164 Å². The van der Waals surface area contributed by atoms with E-state index in [9.17, 15) is 0 Å². The lowest BCUT2D eigenvalue weighted by Gasteiger charge is -2.28. The molecule has 8 aromatic rings. The first-order valence-electron chi connectivity index (χ1n) is 19.2. The first-order valence-corrected chi connectivity index (χ1v) is 19.2. The van der Waals surface area contributed by atoms with E-state index >= 15 is 0 Å². The normalized spacial score (nSPS) is 12.2. The Morgan fingerprint density at radius 1 is 0.481 bits per heavy atom. The SMILES string of the molecule is Cc1ccc(C/C(=C/c2cc3c4ccccc4c(N(c4ccc(C)cc4)c4ccc(C)cc4)cc3c3ccc(C(C)(C)C)cc23)c2ccc(C)cc2)cc1. The number of anilines is 3. The van der Waals surface area contributed by atoms with Gasteiger partial charge in [-0.25, -0.2) is 0 Å². The molecule has 0 aliphatic heterocycles. The molecule has 0 bridgehead atoms. The molecule has 0 radical (unpaired) electrons. The van der Waals surface area contributed by atoms with Crippen LogP contribution >= 0.6 is 0 Å². The first kappa shape index (κ1) is 35.1. The second-order valence-electron chi connectivity index (χ2n) is 16.2. The molecule has 0 aromatic heterocycles. The highest BCUT2D eigenvalue weighted by molar-refractivity contribution is 6.23. The standard InChI is InChI=1S/C53H49N/c1-35-12-20-39(21-13-35)30-41(40-22-14-36(2)15-23-40)31-42-32-50-46-10-8-9-11-48(46)52(34-51(50)47-29-24-43(33-49(42)47)53(5,6)7)54(44-25-16-37(3)17-26-44)45-27-18-38(4)19-28-45/h8-29,31-34H,30H2,1-7H3/b41-31-. The lowest BCUT2D eigenvalue weighted by Crippen LogP contribution is -2.11. The highest BCUT2D eigenvalue weighted by atomic mass is 15.1. The minimum absolute atomic E-state index is 0.00798. The van der Waals surface area contributed by atoms with Crippen molar-refractivity contribution in [2.45, 2.75) is 60.3 Å². The molecule has 0 spiro atoms. The van der Waals surface area contributed by atoms with Crippen LogP contribution in [-0.4, -0.2) is 0 Å². The zero-order chi connectivity index (χ0) is 37.6. The summed E-state index contributed by atoms with van der Waals surface area (Å²) in [7, 11) is 0. The van der Waals surface area contributed by atoms with E-state index in [1.54, 1.807) is 0 Å². The monoisotopic (exact) mass is 699 g/mol. The van der Waals surface area contributed by atoms with E-state index in [0.717, 1.165) is 17.8 Å². The summed E-state index contributed by atoms with van der Waals surface area (Å²) in [4.78, 5) is 2.43. The van der Waals surface area contributed by atoms with Gasteiger partial charge >= 0.3 is 0 Å². The molecule has 0 amide bonds. The molecule has 8 rings (SSSR count). The van der Waals surface area contributed by atoms with Crippen molar-refractivity contribution >= 4 is 61.0 Å². The lowest BCUT2D eigenvalue weighted by molar-refractivity contribution is 0.591. The van der Waals surface area contributed by atoms with Crippen molar-refractivity contribution in [3.05, 3.63) is 196 Å². The predicted octanol–water partition coefficient (Wildman–Crippen LogP) is 14.9. The van der Waals surface area contributed by atoms with E-state index in [2.05, 4.69) is 211 Å². The number of hydrogen-bond donors (Lipinski definition) is 0. The van der Waals surface area contributed by atoms with Crippen molar-refractivity contribution < 1.29 is 0 Å². The minimum Gasteiger partial charge on any atom is -0.310 e. The Labute approximate surface area is 321 Å². The van der Waals surface area contributed by atoms with Gasteiger partial charge in [0.05, 0.1) is 5.69 Å². The van der Waals surface area contributed by atoms with Gasteiger partial charge in [-0.05, 0) is 131 Å². The van der Waals surface area contributed by atoms with Gasteiger partial charge in [0.2, 0.25) is 0 Å². The van der Waals surface area contributed by atoms with Crippen LogP contribution in [0.4, 0.5) is 17.1 Å². The van der Waals surface area contributed by atoms with Crippen LogP contribution in [0.15, 0.2) is 152 Å². The second-order valence-corrected chi connectivity index (χ2v) is 16.2. The van der Waals surface area contributed by atoms with Crippen molar-refractivity contribution in [2.75, 3.05) is 4.90 Å². The van der Waals surface area contributed by atoms with Gasteiger partial charge in [0.25, 0.3) is 0 Å². The summed E-state index contributed by atoms with van der Waals surface area (Å²) in [5.41, 5.74) is 15.0. The molecule has 0 aliphatic rings. The van der Waals surface area contributed by atoms with Crippen molar-refractivity contribution in [2.24, 2.45) is 0 Å². The quantitative estimate of drug-likeness (QED) is 0.118. The van der Waals surface area contributed by atoms with E-state index in [-0.39, 0.29) is 5.41 Å². The smallest absolute Gasteiger partial charge is 0.0546 e. The highest BCUT2D eigenvalue weighted by Crippen LogP contribution is 2.45. The summed E-state index contributed by atoms with van der Waals surface area (Å²) in [6, 6.07) is 56.9. The van der Waals surface area contributed by atoms with Gasteiger partial charge in [-0.3, -0.25) is 0 Å². The average Bonchev–Trinajstić information content (AvgIpc) is 3.17. The number of benzene rings is 8. The summed E-state index contributed by atoms with van der Waals surface area (Å²) in [6.07, 6.45) is 3.32. The van der Waals surface area contributed by atoms with Crippen molar-refractivity contribution in [1.82, 2.24) is 0 Å². The van der Waals surface area contributed by atoms with Crippen LogP contribution in [0.25, 0.3) is 44.0 Å². The molecule has 1 heteroatoms. The third-order valence-corrected chi connectivity index (χ3v) is 10.9. The van der Waals surface area contributed by atoms with Crippen LogP contribution in [0.3, 0.4) is 0 Å². The van der Waals surface area contributed by atoms with Crippen LogP contribution in [0, 0.1) is 27.7 Å². The number of allylic oxidation sites excluding steroid dienone is 1. The number of nitrogens with zero attached hydrogens (tertiary/aromatic N) is 1. The van der Waals surface area contributed by atoms with Gasteiger partial charge < -0.3 is 4.90 Å². The predicted molar refractivity (Wildman–Crippen MR) is 236 cm³/mol. The van der Waals surface area contributed by atoms with Crippen molar-refractivity contribution in [1.29, 1.82) is 0 Å². The molecule has 0 fully saturated rings. The topological polar surface area (TPSA) is 3.24 Å². The molecule has 0 unspecified atom stereocenters. The zero-order valence-electron chi connectivity index (χ0n) is 32.7. The second kappa shape index (κ2) is 14.1. The summed E-state index contributed by atoms with van der Waals surface area (Å²) in [5.74, 6) is 0. The van der Waals surface area contributed by atoms with Crippen LogP contribution < -0.4 is 4.90 Å². The van der Waals surface area contributed by atoms with Gasteiger partial charge in [0, 0.05) is 16.8 Å². The Morgan fingerprint density at radius 3 is 1.56 bits per heavy atom. The number of rotatable bonds is 7. The Hall–Kier alpha value is -5.92. The van der Waals surface area contributed by atoms with Crippen molar-refractivity contribution in [3.63, 3.8) is 0 Å². The Balaban J connectivity index is 1.44. The average molecular weight is 700 g/mol. The number of hydrogen-bond acceptors (Lipinski definition) is 1. The fourth-order valence-electron chi connectivity index (χ4n) is 7.71. The minimum atomic E-state index is 0.00798. The van der Waals surface area contributed by atoms with Gasteiger partial charge in [-0.2, -0.15) is 0 Å². The van der Waals surface area contributed by atoms with Crippen LogP contribution in [0.2, 0.25) is 0 Å². The van der Waals surface area contributed by atoms with Crippen LogP contribution in [0.5, 0.6) is 0 Å². The van der Waals surface area contributed by atoms with E-state index in [4.69, 9.17) is 0 Å². The Kier molecular flexibility index (Phi) is 9.20. The third-order valence-electron chi connectivity index (χ3n) is 10.9. The fourth-order valence-corrected chi connectivity index (χ4v) is 7.71. The molecule has 0 heterocycles. The molecule has 0 N–H and O–H groups in total. The van der Waals surface area contributed by atoms with Crippen molar-refractivity contribution in [3.8, 4) is 0 Å². The molecular formula is C53H49N. The summed E-state index contributed by atoms with van der Waals surface area (Å²) >= 11 is 0. The van der Waals surface area contributed by atoms with Gasteiger partial charge in [-0.15, -0.1) is 0 Å². The maximum atomic E-state index is 2.46. The maximum Gasteiger partial charge on any atom is 0.0546 e. The van der Waals surface area contributed by atoms with Crippen LogP contribution in [-0.2, 0) is 11.8 Å². The molecule has 0 atom stereocenters. The number of fused-ring (bicyclic) bond motifs is 5. The molecule has 54 heavy (non-hydrogen) atoms. The first-order chi connectivity index (χ1) is 26.0. The van der Waals surface area contributed by atoms with E-state index < -0.39 is 0 Å². The third kappa shape index (κ3) is 6.95. The zero-order valence-corrected chi connectivity index (χ0v) is 32.7. The van der Waals surface area contributed by atoms with Gasteiger partial charge in [0.15, 0.2) is 0 Å².